The number of rotatable bonds is 5. The average molecular weight is 270 g/mol. The van der Waals surface area contributed by atoms with E-state index >= 15 is 0 Å². The number of hydrogen-bond acceptors (Lipinski definition) is 2. The Kier molecular flexibility index (Phi) is 6.66. The third-order valence-electron chi connectivity index (χ3n) is 2.68. The van der Waals surface area contributed by atoms with Crippen LogP contribution in [0.1, 0.15) is 19.4 Å². The maximum atomic E-state index is 11.6. The Labute approximate surface area is 115 Å². The molecule has 1 aromatic rings. The summed E-state index contributed by atoms with van der Waals surface area (Å²) in [5.74, 6) is -0.342. The lowest BCUT2D eigenvalue weighted by Gasteiger charge is -2.29. The predicted molar refractivity (Wildman–Crippen MR) is 67.8 cm³/mol. The smallest absolute Gasteiger partial charge is 0.392 e. The van der Waals surface area contributed by atoms with Crippen molar-refractivity contribution in [2.45, 2.75) is 20.4 Å². The van der Waals surface area contributed by atoms with E-state index in [-0.39, 0.29) is 23.0 Å². The summed E-state index contributed by atoms with van der Waals surface area (Å²) >= 11 is 0. The molecule has 0 bridgehead atoms. The summed E-state index contributed by atoms with van der Waals surface area (Å²) < 4.78 is 0.232. The summed E-state index contributed by atoms with van der Waals surface area (Å²) in [5, 5.41) is 0. The molecular weight excluding hydrogens is 250 g/mol. The van der Waals surface area contributed by atoms with Gasteiger partial charge in [0.1, 0.15) is 20.1 Å². The Balaban J connectivity index is 0.00000289. The summed E-state index contributed by atoms with van der Waals surface area (Å²) in [6.45, 7) is 8.63. The highest BCUT2D eigenvalue weighted by Gasteiger charge is 2.26. The van der Waals surface area contributed by atoms with Gasteiger partial charge >= 0.3 is 5.97 Å². The fourth-order valence-corrected chi connectivity index (χ4v) is 1.46. The minimum absolute atomic E-state index is 0. The molecule has 0 N–H and O–H groups in total. The predicted octanol–water partition coefficient (Wildman–Crippen LogP) is -0.309. The fourth-order valence-electron chi connectivity index (χ4n) is 1.46. The number of quaternary nitrogens is 1. The second kappa shape index (κ2) is 7.19. The molecule has 0 amide bonds. The third-order valence-corrected chi connectivity index (χ3v) is 2.68. The van der Waals surface area contributed by atoms with Crippen LogP contribution >= 0.6 is 0 Å². The Morgan fingerprint density at radius 2 is 1.89 bits per heavy atom. The van der Waals surface area contributed by atoms with Crippen LogP contribution in [-0.2, 0) is 16.2 Å². The van der Waals surface area contributed by atoms with Gasteiger partial charge in [0.25, 0.3) is 0 Å². The number of halogens is 1. The molecule has 1 aromatic carbocycles. The molecule has 0 aliphatic heterocycles. The number of benzene rings is 1. The molecule has 0 saturated carbocycles. The van der Waals surface area contributed by atoms with Crippen LogP contribution in [0.3, 0.4) is 0 Å². The van der Waals surface area contributed by atoms with Crippen molar-refractivity contribution in [3.8, 4) is 0 Å². The SMILES string of the molecule is C=C(C)C(=O)O[N+](C)(CC)Cc1ccccc1.[Cl-]. The molecule has 3 nitrogen and oxygen atoms in total. The Morgan fingerprint density at radius 1 is 1.33 bits per heavy atom. The van der Waals surface area contributed by atoms with Gasteiger partial charge in [-0.05, 0) is 13.8 Å². The van der Waals surface area contributed by atoms with E-state index < -0.39 is 0 Å². The summed E-state index contributed by atoms with van der Waals surface area (Å²) in [4.78, 5) is 17.0. The van der Waals surface area contributed by atoms with E-state index in [9.17, 15) is 4.79 Å². The van der Waals surface area contributed by atoms with E-state index in [4.69, 9.17) is 4.84 Å². The van der Waals surface area contributed by atoms with Crippen molar-refractivity contribution in [2.75, 3.05) is 13.6 Å². The molecule has 0 fully saturated rings. The lowest BCUT2D eigenvalue weighted by molar-refractivity contribution is -1.08. The normalized spacial score (nSPS) is 13.1. The quantitative estimate of drug-likeness (QED) is 0.417. The van der Waals surface area contributed by atoms with E-state index in [0.717, 1.165) is 5.56 Å². The van der Waals surface area contributed by atoms with Crippen molar-refractivity contribution in [3.63, 3.8) is 0 Å². The summed E-state index contributed by atoms with van der Waals surface area (Å²) in [6.07, 6.45) is 0. The number of carbonyl (C=O) groups excluding carboxylic acids is 1. The zero-order valence-corrected chi connectivity index (χ0v) is 11.9. The highest BCUT2D eigenvalue weighted by atomic mass is 35.5. The van der Waals surface area contributed by atoms with Crippen molar-refractivity contribution in [1.82, 2.24) is 0 Å². The Bertz CT molecular complexity index is 406. The number of carbonyl (C=O) groups is 1. The van der Waals surface area contributed by atoms with Crippen LogP contribution in [0.15, 0.2) is 42.5 Å². The molecule has 0 aliphatic rings. The highest BCUT2D eigenvalue weighted by molar-refractivity contribution is 5.86. The van der Waals surface area contributed by atoms with Gasteiger partial charge in [-0.3, -0.25) is 4.84 Å². The van der Waals surface area contributed by atoms with Gasteiger partial charge in [-0.1, -0.05) is 36.9 Å². The van der Waals surface area contributed by atoms with Gasteiger partial charge in [-0.15, -0.1) is 4.65 Å². The summed E-state index contributed by atoms with van der Waals surface area (Å²) in [7, 11) is 1.90. The third kappa shape index (κ3) is 4.90. The maximum absolute atomic E-state index is 11.6. The van der Waals surface area contributed by atoms with Crippen molar-refractivity contribution < 1.29 is 26.7 Å². The van der Waals surface area contributed by atoms with Crippen LogP contribution < -0.4 is 12.4 Å². The number of nitrogens with zero attached hydrogens (tertiary/aromatic N) is 1. The molecule has 0 spiro atoms. The van der Waals surface area contributed by atoms with Crippen LogP contribution in [0.25, 0.3) is 0 Å². The van der Waals surface area contributed by atoms with Crippen molar-refractivity contribution in [1.29, 1.82) is 0 Å². The van der Waals surface area contributed by atoms with Crippen LogP contribution in [-0.4, -0.2) is 24.2 Å². The van der Waals surface area contributed by atoms with Gasteiger partial charge in [-0.25, -0.2) is 4.79 Å². The standard InChI is InChI=1S/C14H20NO2.ClH/c1-5-15(4,17-14(16)12(2)3)11-13-9-7-6-8-10-13;/h6-10H,2,5,11H2,1,3-4H3;1H/q+1;/p-1. The molecule has 100 valence electrons. The first-order valence-corrected chi connectivity index (χ1v) is 5.75. The van der Waals surface area contributed by atoms with Crippen molar-refractivity contribution in [2.24, 2.45) is 0 Å². The van der Waals surface area contributed by atoms with Crippen LogP contribution in [0, 0.1) is 0 Å². The van der Waals surface area contributed by atoms with E-state index in [0.29, 0.717) is 18.7 Å². The summed E-state index contributed by atoms with van der Waals surface area (Å²) in [6, 6.07) is 9.99. The van der Waals surface area contributed by atoms with E-state index in [2.05, 4.69) is 6.58 Å². The monoisotopic (exact) mass is 269 g/mol. The van der Waals surface area contributed by atoms with Gasteiger partial charge in [0.05, 0.1) is 0 Å². The fraction of sp³-hybridized carbons (Fsp3) is 0.357. The number of hydroxylamine groups is 3. The molecule has 1 rings (SSSR count). The first kappa shape index (κ1) is 16.7. The van der Waals surface area contributed by atoms with Gasteiger partial charge in [0, 0.05) is 11.1 Å². The second-order valence-corrected chi connectivity index (χ2v) is 4.42. The largest absolute Gasteiger partial charge is 1.00 e. The van der Waals surface area contributed by atoms with Crippen LogP contribution in [0.4, 0.5) is 0 Å². The lowest BCUT2D eigenvalue weighted by Crippen LogP contribution is -3.00. The molecule has 0 saturated heterocycles. The zero-order chi connectivity index (χ0) is 12.9. The molecule has 0 aliphatic carbocycles. The molecular formula is C14H20ClNO2. The average Bonchev–Trinajstić information content (AvgIpc) is 2.30. The molecule has 1 unspecified atom stereocenters. The van der Waals surface area contributed by atoms with Gasteiger partial charge in [0.15, 0.2) is 0 Å². The minimum atomic E-state index is -0.342. The molecule has 4 heteroatoms. The van der Waals surface area contributed by atoms with Crippen molar-refractivity contribution in [3.05, 3.63) is 48.0 Å². The molecule has 18 heavy (non-hydrogen) atoms. The topological polar surface area (TPSA) is 26.3 Å². The molecule has 0 aromatic heterocycles. The molecule has 1 atom stereocenters. The Morgan fingerprint density at radius 3 is 2.33 bits per heavy atom. The number of hydrogen-bond donors (Lipinski definition) is 0. The first-order valence-electron chi connectivity index (χ1n) is 5.75. The van der Waals surface area contributed by atoms with Crippen LogP contribution in [0.2, 0.25) is 0 Å². The first-order chi connectivity index (χ1) is 7.97. The van der Waals surface area contributed by atoms with Crippen molar-refractivity contribution >= 4 is 5.97 Å². The van der Waals surface area contributed by atoms with E-state index in [1.54, 1.807) is 6.92 Å². The molecule has 0 heterocycles. The van der Waals surface area contributed by atoms with E-state index in [1.165, 1.54) is 0 Å². The Hall–Kier alpha value is -1.32. The van der Waals surface area contributed by atoms with Gasteiger partial charge in [-0.2, -0.15) is 0 Å². The van der Waals surface area contributed by atoms with Gasteiger partial charge < -0.3 is 12.4 Å². The summed E-state index contributed by atoms with van der Waals surface area (Å²) in [5.41, 5.74) is 1.57. The maximum Gasteiger partial charge on any atom is 0.392 e. The lowest BCUT2D eigenvalue weighted by atomic mass is 10.2. The minimum Gasteiger partial charge on any atom is -1.00 e. The highest BCUT2D eigenvalue weighted by Crippen LogP contribution is 2.14. The van der Waals surface area contributed by atoms with Crippen LogP contribution in [0.5, 0.6) is 0 Å². The molecule has 0 radical (unpaired) electrons. The zero-order valence-electron chi connectivity index (χ0n) is 11.1. The second-order valence-electron chi connectivity index (χ2n) is 4.42. The van der Waals surface area contributed by atoms with E-state index in [1.807, 2.05) is 44.3 Å². The van der Waals surface area contributed by atoms with Gasteiger partial charge in [0.2, 0.25) is 0 Å².